The van der Waals surface area contributed by atoms with Crippen molar-refractivity contribution in [2.45, 2.75) is 66.8 Å². The van der Waals surface area contributed by atoms with E-state index in [4.69, 9.17) is 10.8 Å². The third-order valence-corrected chi connectivity index (χ3v) is 0. The molecule has 0 fully saturated rings. The number of rotatable bonds is 0. The number of hydrogen-bond donors (Lipinski definition) is 0. The summed E-state index contributed by atoms with van der Waals surface area (Å²) in [5, 5.41) is 12.0. The average molecular weight is 431 g/mol. The van der Waals surface area contributed by atoms with Crippen molar-refractivity contribution in [1.82, 2.24) is 0 Å². The standard InChI is InChI=1S/9CH4.N2.No/c;;;;;;;;;1-2;/h9*1H4;;. The van der Waals surface area contributed by atoms with Gasteiger partial charge in [0.15, 0.2) is 0 Å². The van der Waals surface area contributed by atoms with Crippen LogP contribution < -0.4 is 0 Å². The Hall–Kier alpha value is -1.58. The minimum atomic E-state index is 0. The summed E-state index contributed by atoms with van der Waals surface area (Å²) in [6.07, 6.45) is 0. The Bertz CT molecular complexity index is 17.2. The monoisotopic (exact) mass is 431 g/mol. The van der Waals surface area contributed by atoms with Crippen molar-refractivity contribution >= 4 is 0 Å². The molecule has 0 bridgehead atoms. The van der Waals surface area contributed by atoms with Crippen LogP contribution in [-0.4, -0.2) is 0 Å². The van der Waals surface area contributed by atoms with Crippen LogP contribution in [0.1, 0.15) is 66.8 Å². The summed E-state index contributed by atoms with van der Waals surface area (Å²) in [5.41, 5.74) is 0. The second kappa shape index (κ2) is 268. The Morgan fingerprint density at radius 1 is 0.333 bits per heavy atom. The van der Waals surface area contributed by atoms with Crippen molar-refractivity contribution in [3.63, 3.8) is 0 Å². The molecule has 0 saturated heterocycles. The van der Waals surface area contributed by atoms with E-state index in [9.17, 15) is 0 Å². The Morgan fingerprint density at radius 2 is 0.333 bits per heavy atom. The molecule has 0 aliphatic carbocycles. The summed E-state index contributed by atoms with van der Waals surface area (Å²) < 4.78 is 0. The van der Waals surface area contributed by atoms with Gasteiger partial charge in [0.05, 0.1) is 0 Å². The van der Waals surface area contributed by atoms with E-state index in [1.54, 1.807) is 0 Å². The van der Waals surface area contributed by atoms with Crippen molar-refractivity contribution in [2.24, 2.45) is 0 Å². The normalized spacial score (nSPS) is 0.167. The molecule has 0 spiro atoms. The van der Waals surface area contributed by atoms with Gasteiger partial charge in [-0.05, 0) is 0 Å². The van der Waals surface area contributed by atoms with E-state index in [0.29, 0.717) is 0 Å². The van der Waals surface area contributed by atoms with Crippen LogP contribution in [0.4, 0.5) is 0 Å². The molecule has 0 aliphatic rings. The van der Waals surface area contributed by atoms with Gasteiger partial charge in [0, 0.05) is 10.8 Å². The molecule has 0 unspecified atom stereocenters. The van der Waals surface area contributed by atoms with Crippen LogP contribution in [0.2, 0.25) is 0 Å². The van der Waals surface area contributed by atoms with Crippen molar-refractivity contribution in [2.75, 3.05) is 0 Å². The van der Waals surface area contributed by atoms with Crippen LogP contribution in [0.5, 0.6) is 0 Å². The molecular weight excluding hydrogens is 395 g/mol. The van der Waals surface area contributed by atoms with Gasteiger partial charge in [0.2, 0.25) is 0 Å². The second-order valence-electron chi connectivity index (χ2n) is 0. The molecular formula is C9H36N2No. The van der Waals surface area contributed by atoms with Crippen molar-refractivity contribution < 1.29 is 0 Å². The van der Waals surface area contributed by atoms with Crippen LogP contribution in [0, 0.1) is 10.8 Å². The summed E-state index contributed by atoms with van der Waals surface area (Å²) in [4.78, 5) is 0. The molecule has 0 atom stereocenters. The van der Waals surface area contributed by atoms with Gasteiger partial charge in [-0.3, -0.25) is 0 Å². The van der Waals surface area contributed by atoms with Gasteiger partial charge >= 0.3 is 0 Å². The molecule has 2 nitrogen and oxygen atoms in total. The Morgan fingerprint density at radius 3 is 0.333 bits per heavy atom. The van der Waals surface area contributed by atoms with E-state index < -0.39 is 0 Å². The average Bonchev–Trinajstić information content (AvgIpc) is 1.00. The zero-order chi connectivity index (χ0) is 2.00. The van der Waals surface area contributed by atoms with Crippen molar-refractivity contribution in [3.05, 3.63) is 0 Å². The molecule has 0 aromatic carbocycles. The molecule has 0 aliphatic heterocycles. The number of nitrogens with zero attached hydrogens (tertiary/aromatic N) is 2. The Balaban J connectivity index is -0.000000000111. The predicted molar refractivity (Wildman–Crippen MR) is 64.0 cm³/mol. The van der Waals surface area contributed by atoms with E-state index in [1.807, 2.05) is 0 Å². The first-order chi connectivity index (χ1) is 1.00. The van der Waals surface area contributed by atoms with Gasteiger partial charge in [-0.1, -0.05) is 66.8 Å². The summed E-state index contributed by atoms with van der Waals surface area (Å²) in [6, 6.07) is 0. The third kappa shape index (κ3) is 186. The third-order valence-electron chi connectivity index (χ3n) is 0. The van der Waals surface area contributed by atoms with Gasteiger partial charge in [-0.2, -0.15) is 0 Å². The molecule has 0 radical (unpaired) electrons. The van der Waals surface area contributed by atoms with Crippen LogP contribution in [-0.2, 0) is 0 Å². The van der Waals surface area contributed by atoms with Gasteiger partial charge in [0.25, 0.3) is 0 Å². The Labute approximate surface area is 78.5 Å². The van der Waals surface area contributed by atoms with E-state index >= 15 is 0 Å². The maximum absolute atomic E-state index is 6.00. The van der Waals surface area contributed by atoms with Crippen molar-refractivity contribution in [3.8, 4) is 0 Å². The fourth-order valence-electron chi connectivity index (χ4n) is 0. The van der Waals surface area contributed by atoms with E-state index in [0.717, 1.165) is 0 Å². The molecule has 0 rings (SSSR count). The summed E-state index contributed by atoms with van der Waals surface area (Å²) in [7, 11) is 0. The van der Waals surface area contributed by atoms with Crippen molar-refractivity contribution in [1.29, 1.82) is 10.8 Å². The van der Waals surface area contributed by atoms with Gasteiger partial charge in [0.1, 0.15) is 0 Å². The van der Waals surface area contributed by atoms with E-state index in [-0.39, 0.29) is 66.8 Å². The molecule has 0 aromatic heterocycles. The van der Waals surface area contributed by atoms with E-state index in [2.05, 4.69) is 0 Å². The maximum atomic E-state index is 6.00. The molecule has 96 valence electrons. The minimum Gasteiger partial charge on any atom is -0.0776 e. The molecule has 12 heavy (non-hydrogen) atoms. The van der Waals surface area contributed by atoms with Gasteiger partial charge in [-0.15, -0.1) is 0 Å². The van der Waals surface area contributed by atoms with Crippen LogP contribution in [0.15, 0.2) is 0 Å². The first-order valence-electron chi connectivity index (χ1n) is 0.200. The van der Waals surface area contributed by atoms with Gasteiger partial charge in [-0.25, -0.2) is 0 Å². The molecule has 3 heteroatoms. The van der Waals surface area contributed by atoms with Crippen LogP contribution >= 0.6 is 0 Å². The largest absolute Gasteiger partial charge is 0.0776 e. The molecule has 0 saturated carbocycles. The topological polar surface area (TPSA) is 47.6 Å². The Kier molecular flexibility index (Phi) is 61300. The smallest absolute Gasteiger partial charge is 0 e. The fraction of sp³-hybridized carbons (Fsp3) is 1.00. The summed E-state index contributed by atoms with van der Waals surface area (Å²) >= 11 is 0. The molecule has 0 amide bonds. The molecule has 0 heterocycles. The fourth-order valence-corrected chi connectivity index (χ4v) is 0. The summed E-state index contributed by atoms with van der Waals surface area (Å²) in [6.45, 7) is 0. The quantitative estimate of drug-likeness (QED) is 0.458. The SMILES string of the molecule is C.C.C.C.C.C.C.C.C.N#N.[No]. The number of hydrogen-bond acceptors (Lipinski definition) is 2. The van der Waals surface area contributed by atoms with Gasteiger partial charge < -0.3 is 0 Å². The first-order valence-corrected chi connectivity index (χ1v) is 0.200. The predicted octanol–water partition coefficient (Wildman–Crippen LogP) is 5.76. The summed E-state index contributed by atoms with van der Waals surface area (Å²) in [5.74, 6) is 0. The minimum absolute atomic E-state index is 0. The zero-order valence-corrected chi connectivity index (χ0v) is 3.39. The zero-order valence-electron chi connectivity index (χ0n) is 1.16. The molecule has 0 aromatic rings. The van der Waals surface area contributed by atoms with E-state index in [1.165, 1.54) is 0 Å². The van der Waals surface area contributed by atoms with Crippen LogP contribution in [0.3, 0.4) is 0 Å². The van der Waals surface area contributed by atoms with Crippen LogP contribution in [0.25, 0.3) is 0 Å². The second-order valence-corrected chi connectivity index (χ2v) is 0. The first kappa shape index (κ1) is 2750. The molecule has 0 N–H and O–H groups in total. The maximum Gasteiger partial charge on any atom is 0 e.